The van der Waals surface area contributed by atoms with Crippen molar-refractivity contribution < 1.29 is 4.79 Å². The van der Waals surface area contributed by atoms with Crippen LogP contribution in [0.25, 0.3) is 0 Å². The fourth-order valence-electron chi connectivity index (χ4n) is 3.61. The van der Waals surface area contributed by atoms with E-state index in [0.717, 1.165) is 31.9 Å². The second-order valence-corrected chi connectivity index (χ2v) is 7.98. The molecule has 2 fully saturated rings. The van der Waals surface area contributed by atoms with E-state index in [0.29, 0.717) is 18.1 Å². The van der Waals surface area contributed by atoms with Crippen LogP contribution in [-0.2, 0) is 4.79 Å². The van der Waals surface area contributed by atoms with Crippen molar-refractivity contribution in [1.29, 1.82) is 0 Å². The van der Waals surface area contributed by atoms with Crippen LogP contribution in [0.1, 0.15) is 58.8 Å². The highest BCUT2D eigenvalue weighted by atomic mass is 127. The molecule has 2 aliphatic rings. The summed E-state index contributed by atoms with van der Waals surface area (Å²) < 4.78 is 0. The van der Waals surface area contributed by atoms with Gasteiger partial charge in [-0.1, -0.05) is 19.3 Å². The summed E-state index contributed by atoms with van der Waals surface area (Å²) in [4.78, 5) is 20.6. The normalized spacial score (nSPS) is 20.6. The first-order valence-corrected chi connectivity index (χ1v) is 9.97. The summed E-state index contributed by atoms with van der Waals surface area (Å²) in [5, 5.41) is 7.18. The Morgan fingerprint density at radius 1 is 1.04 bits per heavy atom. The molecule has 1 saturated heterocycles. The van der Waals surface area contributed by atoms with E-state index in [1.54, 1.807) is 19.0 Å². The molecule has 2 N–H and O–H groups in total. The number of rotatable bonds is 5. The fourth-order valence-corrected chi connectivity index (χ4v) is 3.61. The molecule has 6 nitrogen and oxygen atoms in total. The molecule has 0 atom stereocenters. The smallest absolute Gasteiger partial charge is 0.243 e. The lowest BCUT2D eigenvalue weighted by molar-refractivity contribution is -0.127. The highest BCUT2D eigenvalue weighted by Crippen LogP contribution is 2.18. The van der Waals surface area contributed by atoms with Gasteiger partial charge in [0.25, 0.3) is 0 Å². The van der Waals surface area contributed by atoms with Gasteiger partial charge in [-0.25, -0.2) is 4.99 Å². The van der Waals surface area contributed by atoms with Crippen molar-refractivity contribution in [3.05, 3.63) is 0 Å². The molecule has 0 aromatic carbocycles. The third-order valence-electron chi connectivity index (χ3n) is 5.42. The SMILES string of the molecule is CC(C)N1CCC(NC(=NCC(=O)N(C)C)NC2CCCCC2)CC1.I. The minimum absolute atomic E-state index is 0. The number of aliphatic imine (C=N–C) groups is 1. The van der Waals surface area contributed by atoms with Crippen molar-refractivity contribution in [1.82, 2.24) is 20.4 Å². The Hall–Kier alpha value is -0.570. The van der Waals surface area contributed by atoms with E-state index in [1.165, 1.54) is 32.1 Å². The summed E-state index contributed by atoms with van der Waals surface area (Å²) in [6, 6.07) is 1.55. The van der Waals surface area contributed by atoms with Gasteiger partial charge in [-0.15, -0.1) is 24.0 Å². The van der Waals surface area contributed by atoms with Crippen LogP contribution in [0.2, 0.25) is 0 Å². The number of carbonyl (C=O) groups is 1. The molecule has 0 bridgehead atoms. The van der Waals surface area contributed by atoms with Gasteiger partial charge >= 0.3 is 0 Å². The molecule has 0 spiro atoms. The van der Waals surface area contributed by atoms with E-state index in [2.05, 4.69) is 34.4 Å². The molecule has 1 aliphatic heterocycles. The Bertz CT molecular complexity index is 441. The van der Waals surface area contributed by atoms with E-state index in [-0.39, 0.29) is 36.4 Å². The summed E-state index contributed by atoms with van der Waals surface area (Å²) in [5.74, 6) is 0.865. The molecule has 0 aromatic rings. The summed E-state index contributed by atoms with van der Waals surface area (Å²) in [5.41, 5.74) is 0. The predicted molar refractivity (Wildman–Crippen MR) is 119 cm³/mol. The van der Waals surface area contributed by atoms with Crippen LogP contribution in [0.3, 0.4) is 0 Å². The van der Waals surface area contributed by atoms with Gasteiger partial charge in [0.15, 0.2) is 5.96 Å². The number of nitrogens with one attached hydrogen (secondary N) is 2. The molecule has 0 radical (unpaired) electrons. The second kappa shape index (κ2) is 12.0. The number of carbonyl (C=O) groups excluding carboxylic acids is 1. The molecule has 26 heavy (non-hydrogen) atoms. The fraction of sp³-hybridized carbons (Fsp3) is 0.895. The summed E-state index contributed by atoms with van der Waals surface area (Å²) in [6.45, 7) is 6.99. The van der Waals surface area contributed by atoms with Crippen molar-refractivity contribution in [3.63, 3.8) is 0 Å². The summed E-state index contributed by atoms with van der Waals surface area (Å²) >= 11 is 0. The number of piperidine rings is 1. The summed E-state index contributed by atoms with van der Waals surface area (Å²) in [7, 11) is 3.56. The van der Waals surface area contributed by atoms with Crippen molar-refractivity contribution in [2.45, 2.75) is 76.9 Å². The van der Waals surface area contributed by atoms with Gasteiger partial charge in [-0.05, 0) is 39.5 Å². The predicted octanol–water partition coefficient (Wildman–Crippen LogP) is 2.43. The minimum atomic E-state index is 0. The number of hydrogen-bond acceptors (Lipinski definition) is 3. The van der Waals surface area contributed by atoms with Gasteiger partial charge < -0.3 is 20.4 Å². The van der Waals surface area contributed by atoms with Crippen LogP contribution in [-0.4, -0.2) is 73.5 Å². The van der Waals surface area contributed by atoms with Gasteiger partial charge in [0.05, 0.1) is 0 Å². The molecule has 7 heteroatoms. The van der Waals surface area contributed by atoms with Gasteiger partial charge in [0, 0.05) is 45.3 Å². The Kier molecular flexibility index (Phi) is 10.8. The third kappa shape index (κ3) is 7.98. The van der Waals surface area contributed by atoms with Crippen LogP contribution < -0.4 is 10.6 Å². The zero-order valence-electron chi connectivity index (χ0n) is 17.0. The molecular formula is C19H38IN5O. The highest BCUT2D eigenvalue weighted by Gasteiger charge is 2.23. The third-order valence-corrected chi connectivity index (χ3v) is 5.42. The molecule has 152 valence electrons. The van der Waals surface area contributed by atoms with E-state index in [9.17, 15) is 4.79 Å². The molecule has 1 heterocycles. The lowest BCUT2D eigenvalue weighted by Crippen LogP contribution is -2.52. The van der Waals surface area contributed by atoms with Crippen molar-refractivity contribution in [3.8, 4) is 0 Å². The number of nitrogens with zero attached hydrogens (tertiary/aromatic N) is 3. The maximum atomic E-state index is 11.9. The topological polar surface area (TPSA) is 60.0 Å². The van der Waals surface area contributed by atoms with Crippen molar-refractivity contribution >= 4 is 35.8 Å². The van der Waals surface area contributed by atoms with Gasteiger partial charge in [-0.2, -0.15) is 0 Å². The van der Waals surface area contributed by atoms with Crippen LogP contribution in [0.5, 0.6) is 0 Å². The van der Waals surface area contributed by atoms with E-state index in [1.807, 2.05) is 0 Å². The summed E-state index contributed by atoms with van der Waals surface area (Å²) in [6.07, 6.45) is 8.58. The van der Waals surface area contributed by atoms with Crippen LogP contribution in [0.15, 0.2) is 4.99 Å². The number of guanidine groups is 1. The molecule has 0 unspecified atom stereocenters. The largest absolute Gasteiger partial charge is 0.354 e. The van der Waals surface area contributed by atoms with Gasteiger partial charge in [0.1, 0.15) is 6.54 Å². The van der Waals surface area contributed by atoms with E-state index in [4.69, 9.17) is 0 Å². The standard InChI is InChI=1S/C19H37N5O.HI/c1-15(2)24-12-10-17(11-13-24)22-19(20-14-18(25)23(3)4)21-16-8-6-5-7-9-16;/h15-17H,5-14H2,1-4H3,(H2,20,21,22);1H. The number of halogens is 1. The van der Waals surface area contributed by atoms with Crippen molar-refractivity contribution in [2.24, 2.45) is 4.99 Å². The quantitative estimate of drug-likeness (QED) is 0.362. The average molecular weight is 479 g/mol. The van der Waals surface area contributed by atoms with Crippen LogP contribution in [0.4, 0.5) is 0 Å². The Morgan fingerprint density at radius 3 is 2.08 bits per heavy atom. The monoisotopic (exact) mass is 479 g/mol. The Balaban J connectivity index is 0.00000338. The Morgan fingerprint density at radius 2 is 1.58 bits per heavy atom. The van der Waals surface area contributed by atoms with Crippen LogP contribution >= 0.6 is 24.0 Å². The van der Waals surface area contributed by atoms with Gasteiger partial charge in [-0.3, -0.25) is 4.79 Å². The second-order valence-electron chi connectivity index (χ2n) is 7.98. The number of likely N-dealkylation sites (N-methyl/N-ethyl adjacent to an activating group) is 1. The number of hydrogen-bond donors (Lipinski definition) is 2. The first kappa shape index (κ1) is 23.5. The average Bonchev–Trinajstić information content (AvgIpc) is 2.60. The minimum Gasteiger partial charge on any atom is -0.354 e. The van der Waals surface area contributed by atoms with E-state index < -0.39 is 0 Å². The first-order chi connectivity index (χ1) is 12.0. The number of amides is 1. The number of likely N-dealkylation sites (tertiary alicyclic amines) is 1. The van der Waals surface area contributed by atoms with Gasteiger partial charge in [0.2, 0.25) is 5.91 Å². The lowest BCUT2D eigenvalue weighted by atomic mass is 9.95. The molecule has 1 aliphatic carbocycles. The lowest BCUT2D eigenvalue weighted by Gasteiger charge is -2.36. The molecular weight excluding hydrogens is 441 g/mol. The van der Waals surface area contributed by atoms with Crippen LogP contribution in [0, 0.1) is 0 Å². The first-order valence-electron chi connectivity index (χ1n) is 9.97. The molecule has 0 aromatic heterocycles. The zero-order chi connectivity index (χ0) is 18.2. The Labute approximate surface area is 176 Å². The molecule has 1 saturated carbocycles. The van der Waals surface area contributed by atoms with E-state index >= 15 is 0 Å². The highest BCUT2D eigenvalue weighted by molar-refractivity contribution is 14.0. The van der Waals surface area contributed by atoms with Crippen molar-refractivity contribution in [2.75, 3.05) is 33.7 Å². The maximum absolute atomic E-state index is 11.9. The molecule has 1 amide bonds. The molecule has 2 rings (SSSR count). The maximum Gasteiger partial charge on any atom is 0.243 e. The zero-order valence-corrected chi connectivity index (χ0v) is 19.3.